The summed E-state index contributed by atoms with van der Waals surface area (Å²) in [7, 11) is -3.50. The van der Waals surface area contributed by atoms with Crippen molar-refractivity contribution in [3.8, 4) is 6.07 Å². The SMILES string of the molecule is CC(C#N)S(=O)(=O)NC1CC1c1ccccc1. The third-order valence-corrected chi connectivity index (χ3v) is 4.65. The van der Waals surface area contributed by atoms with Gasteiger partial charge in [0.25, 0.3) is 0 Å². The van der Waals surface area contributed by atoms with Gasteiger partial charge < -0.3 is 0 Å². The molecule has 1 aliphatic carbocycles. The van der Waals surface area contributed by atoms with Gasteiger partial charge in [-0.1, -0.05) is 30.3 Å². The first kappa shape index (κ1) is 12.1. The first-order valence-corrected chi connectivity index (χ1v) is 7.05. The van der Waals surface area contributed by atoms with Gasteiger partial charge in [-0.05, 0) is 18.9 Å². The van der Waals surface area contributed by atoms with E-state index in [0.29, 0.717) is 0 Å². The molecule has 0 spiro atoms. The van der Waals surface area contributed by atoms with Gasteiger partial charge in [-0.15, -0.1) is 0 Å². The van der Waals surface area contributed by atoms with Crippen LogP contribution in [0.1, 0.15) is 24.8 Å². The van der Waals surface area contributed by atoms with Gasteiger partial charge in [0.1, 0.15) is 0 Å². The lowest BCUT2D eigenvalue weighted by Gasteiger charge is -2.07. The minimum atomic E-state index is -3.50. The summed E-state index contributed by atoms with van der Waals surface area (Å²) in [4.78, 5) is 0. The van der Waals surface area contributed by atoms with Crippen molar-refractivity contribution in [1.82, 2.24) is 4.72 Å². The van der Waals surface area contributed by atoms with E-state index in [4.69, 9.17) is 5.26 Å². The fourth-order valence-corrected chi connectivity index (χ4v) is 2.80. The van der Waals surface area contributed by atoms with Crippen LogP contribution in [-0.4, -0.2) is 19.7 Å². The van der Waals surface area contributed by atoms with E-state index in [1.54, 1.807) is 6.07 Å². The summed E-state index contributed by atoms with van der Waals surface area (Å²) < 4.78 is 25.9. The van der Waals surface area contributed by atoms with Crippen LogP contribution in [0.25, 0.3) is 0 Å². The minimum Gasteiger partial charge on any atom is -0.211 e. The molecule has 0 radical (unpaired) electrons. The van der Waals surface area contributed by atoms with Crippen LogP contribution in [0.4, 0.5) is 0 Å². The standard InChI is InChI=1S/C12H14N2O2S/c1-9(8-13)17(15,16)14-12-7-11(12)10-5-3-2-4-6-10/h2-6,9,11-12,14H,7H2,1H3. The lowest BCUT2D eigenvalue weighted by Crippen LogP contribution is -2.33. The molecule has 0 bridgehead atoms. The van der Waals surface area contributed by atoms with Gasteiger partial charge in [0, 0.05) is 12.0 Å². The van der Waals surface area contributed by atoms with E-state index in [-0.39, 0.29) is 12.0 Å². The van der Waals surface area contributed by atoms with E-state index >= 15 is 0 Å². The molecule has 5 heteroatoms. The molecule has 17 heavy (non-hydrogen) atoms. The molecular weight excluding hydrogens is 236 g/mol. The molecule has 4 nitrogen and oxygen atoms in total. The van der Waals surface area contributed by atoms with E-state index in [1.807, 2.05) is 30.3 Å². The van der Waals surface area contributed by atoms with Crippen LogP contribution in [0, 0.1) is 11.3 Å². The molecule has 1 N–H and O–H groups in total. The Balaban J connectivity index is 2.00. The molecule has 0 aliphatic heterocycles. The second kappa shape index (κ2) is 4.47. The molecule has 3 unspecified atom stereocenters. The molecule has 1 fully saturated rings. The van der Waals surface area contributed by atoms with Crippen LogP contribution in [0.3, 0.4) is 0 Å². The molecule has 0 aromatic heterocycles. The Labute approximate surface area is 101 Å². The zero-order valence-corrected chi connectivity index (χ0v) is 10.3. The van der Waals surface area contributed by atoms with Gasteiger partial charge in [0.2, 0.25) is 10.0 Å². The highest BCUT2D eigenvalue weighted by Gasteiger charge is 2.41. The first-order valence-electron chi connectivity index (χ1n) is 5.50. The molecule has 0 amide bonds. The number of hydrogen-bond donors (Lipinski definition) is 1. The average Bonchev–Trinajstić information content (AvgIpc) is 3.07. The summed E-state index contributed by atoms with van der Waals surface area (Å²) in [6.45, 7) is 1.39. The van der Waals surface area contributed by atoms with Gasteiger partial charge in [-0.2, -0.15) is 5.26 Å². The van der Waals surface area contributed by atoms with Crippen molar-refractivity contribution in [3.63, 3.8) is 0 Å². The van der Waals surface area contributed by atoms with Crippen LogP contribution in [0.5, 0.6) is 0 Å². The third kappa shape index (κ3) is 2.65. The van der Waals surface area contributed by atoms with Crippen LogP contribution in [-0.2, 0) is 10.0 Å². The van der Waals surface area contributed by atoms with Gasteiger partial charge >= 0.3 is 0 Å². The fraction of sp³-hybridized carbons (Fsp3) is 0.417. The normalized spacial score (nSPS) is 24.9. The number of nitrogens with one attached hydrogen (secondary N) is 1. The average molecular weight is 250 g/mol. The topological polar surface area (TPSA) is 70.0 Å². The van der Waals surface area contributed by atoms with E-state index < -0.39 is 15.3 Å². The zero-order valence-electron chi connectivity index (χ0n) is 9.50. The molecule has 90 valence electrons. The molecule has 2 rings (SSSR count). The van der Waals surface area contributed by atoms with Gasteiger partial charge in [0.15, 0.2) is 5.25 Å². The molecule has 1 aromatic carbocycles. The van der Waals surface area contributed by atoms with Crippen LogP contribution >= 0.6 is 0 Å². The summed E-state index contributed by atoms with van der Waals surface area (Å²) in [5, 5.41) is 7.62. The second-order valence-electron chi connectivity index (χ2n) is 4.29. The second-order valence-corrected chi connectivity index (χ2v) is 6.33. The number of nitriles is 1. The summed E-state index contributed by atoms with van der Waals surface area (Å²) in [6, 6.07) is 11.5. The third-order valence-electron chi connectivity index (χ3n) is 2.98. The Morgan fingerprint density at radius 1 is 1.41 bits per heavy atom. The maximum Gasteiger partial charge on any atom is 0.227 e. The van der Waals surface area contributed by atoms with Crippen molar-refractivity contribution in [2.75, 3.05) is 0 Å². The monoisotopic (exact) mass is 250 g/mol. The van der Waals surface area contributed by atoms with E-state index in [1.165, 1.54) is 6.92 Å². The van der Waals surface area contributed by atoms with Gasteiger partial charge in [0.05, 0.1) is 6.07 Å². The molecule has 0 saturated heterocycles. The van der Waals surface area contributed by atoms with Crippen molar-refractivity contribution in [3.05, 3.63) is 35.9 Å². The van der Waals surface area contributed by atoms with Crippen LogP contribution < -0.4 is 4.72 Å². The largest absolute Gasteiger partial charge is 0.227 e. The van der Waals surface area contributed by atoms with E-state index in [9.17, 15) is 8.42 Å². The minimum absolute atomic E-state index is 0.0572. The van der Waals surface area contributed by atoms with Gasteiger partial charge in [-0.3, -0.25) is 0 Å². The molecule has 1 saturated carbocycles. The Morgan fingerprint density at radius 3 is 2.65 bits per heavy atom. The number of rotatable bonds is 4. The Hall–Kier alpha value is -1.38. The lowest BCUT2D eigenvalue weighted by atomic mass is 10.1. The zero-order chi connectivity index (χ0) is 12.5. The Kier molecular flexibility index (Phi) is 3.18. The lowest BCUT2D eigenvalue weighted by molar-refractivity contribution is 0.575. The quantitative estimate of drug-likeness (QED) is 0.877. The highest BCUT2D eigenvalue weighted by molar-refractivity contribution is 7.90. The maximum absolute atomic E-state index is 11.7. The van der Waals surface area contributed by atoms with Crippen LogP contribution in [0.2, 0.25) is 0 Å². The van der Waals surface area contributed by atoms with E-state index in [0.717, 1.165) is 12.0 Å². The smallest absolute Gasteiger partial charge is 0.211 e. The van der Waals surface area contributed by atoms with Crippen LogP contribution in [0.15, 0.2) is 30.3 Å². The van der Waals surface area contributed by atoms with E-state index in [2.05, 4.69) is 4.72 Å². The van der Waals surface area contributed by atoms with Crippen molar-refractivity contribution in [1.29, 1.82) is 5.26 Å². The predicted molar refractivity (Wildman–Crippen MR) is 64.7 cm³/mol. The summed E-state index contributed by atoms with van der Waals surface area (Å²) in [6.07, 6.45) is 0.807. The number of sulfonamides is 1. The highest BCUT2D eigenvalue weighted by atomic mass is 32.2. The molecule has 3 atom stereocenters. The van der Waals surface area contributed by atoms with Crippen molar-refractivity contribution in [2.24, 2.45) is 0 Å². The summed E-state index contributed by atoms with van der Waals surface area (Å²) in [5.74, 6) is 0.247. The molecular formula is C12H14N2O2S. The number of benzene rings is 1. The molecule has 1 aliphatic rings. The Morgan fingerprint density at radius 2 is 2.06 bits per heavy atom. The number of hydrogen-bond acceptors (Lipinski definition) is 3. The van der Waals surface area contributed by atoms with Gasteiger partial charge in [-0.25, -0.2) is 13.1 Å². The predicted octanol–water partition coefficient (Wildman–Crippen LogP) is 1.37. The van der Waals surface area contributed by atoms with Crippen molar-refractivity contribution in [2.45, 2.75) is 30.6 Å². The molecule has 0 heterocycles. The first-order chi connectivity index (χ1) is 8.04. The summed E-state index contributed by atoms with van der Waals surface area (Å²) >= 11 is 0. The number of nitrogens with zero attached hydrogens (tertiary/aromatic N) is 1. The fourth-order valence-electron chi connectivity index (χ4n) is 1.78. The highest BCUT2D eigenvalue weighted by Crippen LogP contribution is 2.41. The Bertz CT molecular complexity index is 533. The van der Waals surface area contributed by atoms with Crippen molar-refractivity contribution >= 4 is 10.0 Å². The summed E-state index contributed by atoms with van der Waals surface area (Å²) in [5.41, 5.74) is 1.14. The maximum atomic E-state index is 11.7. The van der Waals surface area contributed by atoms with Crippen molar-refractivity contribution < 1.29 is 8.42 Å². The molecule has 1 aromatic rings.